The van der Waals surface area contributed by atoms with Crippen LogP contribution < -0.4 is 5.46 Å². The van der Waals surface area contributed by atoms with E-state index in [1.807, 2.05) is 12.1 Å². The predicted octanol–water partition coefficient (Wildman–Crippen LogP) is 2.76. The van der Waals surface area contributed by atoms with Crippen molar-refractivity contribution in [2.24, 2.45) is 0 Å². The molecule has 0 unspecified atom stereocenters. The summed E-state index contributed by atoms with van der Waals surface area (Å²) in [5, 5.41) is 1.26. The largest absolute Gasteiger partial charge is 0.256 e. The third-order valence-corrected chi connectivity index (χ3v) is 3.60. The average molecular weight is 221 g/mol. The van der Waals surface area contributed by atoms with Gasteiger partial charge in [-0.2, -0.15) is 0 Å². The summed E-state index contributed by atoms with van der Waals surface area (Å²) in [6.45, 7) is 0. The second kappa shape index (κ2) is 3.76. The van der Waals surface area contributed by atoms with E-state index in [2.05, 4.69) is 35.3 Å². The molecule has 0 atom stereocenters. The number of fused-ring (bicyclic) bond motifs is 1. The lowest BCUT2D eigenvalue weighted by molar-refractivity contribution is 1.36. The van der Waals surface area contributed by atoms with E-state index in [1.54, 1.807) is 17.5 Å². The molecule has 1 aromatic carbocycles. The molecule has 0 aliphatic carbocycles. The third kappa shape index (κ3) is 1.63. The molecular formula is C13H8BNS. The van der Waals surface area contributed by atoms with Crippen LogP contribution in [-0.4, -0.2) is 12.8 Å². The van der Waals surface area contributed by atoms with Gasteiger partial charge >= 0.3 is 0 Å². The Hall–Kier alpha value is -1.61. The fourth-order valence-corrected chi connectivity index (χ4v) is 2.70. The Labute approximate surface area is 99.2 Å². The normalized spacial score (nSPS) is 10.8. The highest BCUT2D eigenvalue weighted by Gasteiger charge is 2.04. The van der Waals surface area contributed by atoms with Crippen LogP contribution in [0.3, 0.4) is 0 Å². The molecule has 2 heterocycles. The van der Waals surface area contributed by atoms with Gasteiger partial charge in [-0.15, -0.1) is 11.3 Å². The molecule has 0 amide bonds. The van der Waals surface area contributed by atoms with Gasteiger partial charge < -0.3 is 0 Å². The Morgan fingerprint density at radius 1 is 1.06 bits per heavy atom. The lowest BCUT2D eigenvalue weighted by atomic mass is 9.99. The quantitative estimate of drug-likeness (QED) is 0.576. The van der Waals surface area contributed by atoms with Crippen LogP contribution in [0.5, 0.6) is 0 Å². The molecule has 0 saturated heterocycles. The van der Waals surface area contributed by atoms with Gasteiger partial charge in [0.2, 0.25) is 0 Å². The molecule has 74 valence electrons. The summed E-state index contributed by atoms with van der Waals surface area (Å²) in [6.07, 6.45) is 1.69. The minimum atomic E-state index is 0.699. The molecule has 16 heavy (non-hydrogen) atoms. The van der Waals surface area contributed by atoms with Crippen LogP contribution in [0.1, 0.15) is 0 Å². The van der Waals surface area contributed by atoms with Gasteiger partial charge in [0.15, 0.2) is 0 Å². The van der Waals surface area contributed by atoms with Crippen LogP contribution in [0.25, 0.3) is 20.7 Å². The van der Waals surface area contributed by atoms with E-state index in [0.717, 1.165) is 5.69 Å². The van der Waals surface area contributed by atoms with Gasteiger partial charge in [0.05, 0.1) is 10.6 Å². The van der Waals surface area contributed by atoms with Gasteiger partial charge in [0.25, 0.3) is 0 Å². The third-order valence-electron chi connectivity index (χ3n) is 2.46. The first-order chi connectivity index (χ1) is 7.83. The smallest absolute Gasteiger partial charge is 0.115 e. The lowest BCUT2D eigenvalue weighted by Crippen LogP contribution is -2.01. The van der Waals surface area contributed by atoms with Crippen molar-refractivity contribution in [1.82, 2.24) is 4.98 Å². The zero-order valence-corrected chi connectivity index (χ0v) is 9.37. The highest BCUT2D eigenvalue weighted by molar-refractivity contribution is 7.22. The van der Waals surface area contributed by atoms with Crippen molar-refractivity contribution in [3.05, 3.63) is 48.7 Å². The number of hydrogen-bond acceptors (Lipinski definition) is 2. The first-order valence-electron chi connectivity index (χ1n) is 5.03. The predicted molar refractivity (Wildman–Crippen MR) is 70.4 cm³/mol. The Kier molecular flexibility index (Phi) is 2.26. The van der Waals surface area contributed by atoms with Crippen molar-refractivity contribution in [3.8, 4) is 10.6 Å². The van der Waals surface area contributed by atoms with E-state index >= 15 is 0 Å². The van der Waals surface area contributed by atoms with E-state index < -0.39 is 0 Å². The number of nitrogens with zero attached hydrogens (tertiary/aromatic N) is 1. The van der Waals surface area contributed by atoms with Gasteiger partial charge in [-0.3, -0.25) is 4.98 Å². The second-order valence-corrected chi connectivity index (χ2v) is 4.71. The monoisotopic (exact) mass is 221 g/mol. The maximum Gasteiger partial charge on any atom is 0.115 e. The maximum atomic E-state index is 5.62. The number of aromatic nitrogens is 1. The van der Waals surface area contributed by atoms with Gasteiger partial charge in [-0.05, 0) is 23.6 Å². The lowest BCUT2D eigenvalue weighted by Gasteiger charge is -1.96. The Bertz CT molecular complexity index is 595. The van der Waals surface area contributed by atoms with Crippen LogP contribution in [0.2, 0.25) is 0 Å². The summed E-state index contributed by atoms with van der Waals surface area (Å²) in [5.74, 6) is 0. The molecule has 3 aromatic rings. The SMILES string of the molecule is [B]c1ccc(-c2cc3ccccc3s2)nc1. The first-order valence-corrected chi connectivity index (χ1v) is 5.85. The highest BCUT2D eigenvalue weighted by atomic mass is 32.1. The molecule has 0 aliphatic rings. The standard InChI is InChI=1S/C13H8BNS/c14-10-5-6-11(15-8-10)13-7-9-3-1-2-4-12(9)16-13/h1-8H. The minimum Gasteiger partial charge on any atom is -0.256 e. The molecule has 3 heteroatoms. The van der Waals surface area contributed by atoms with Crippen molar-refractivity contribution >= 4 is 34.7 Å². The number of pyridine rings is 1. The van der Waals surface area contributed by atoms with Crippen LogP contribution in [0, 0.1) is 0 Å². The van der Waals surface area contributed by atoms with Crippen molar-refractivity contribution in [1.29, 1.82) is 0 Å². The Morgan fingerprint density at radius 3 is 2.69 bits per heavy atom. The van der Waals surface area contributed by atoms with Crippen molar-refractivity contribution < 1.29 is 0 Å². The number of thiophene rings is 1. The summed E-state index contributed by atoms with van der Waals surface area (Å²) >= 11 is 1.75. The molecule has 0 spiro atoms. The van der Waals surface area contributed by atoms with Crippen molar-refractivity contribution in [3.63, 3.8) is 0 Å². The van der Waals surface area contributed by atoms with Crippen LogP contribution in [0.15, 0.2) is 48.7 Å². The molecule has 0 N–H and O–H groups in total. The van der Waals surface area contributed by atoms with Gasteiger partial charge in [-0.1, -0.05) is 29.7 Å². The molecule has 2 radical (unpaired) electrons. The molecule has 0 aliphatic heterocycles. The second-order valence-electron chi connectivity index (χ2n) is 3.63. The Balaban J connectivity index is 2.15. The van der Waals surface area contributed by atoms with E-state index in [0.29, 0.717) is 5.46 Å². The summed E-state index contributed by atoms with van der Waals surface area (Å²) < 4.78 is 1.29. The molecule has 0 bridgehead atoms. The van der Waals surface area contributed by atoms with E-state index in [4.69, 9.17) is 7.85 Å². The molecule has 2 aromatic heterocycles. The maximum absolute atomic E-state index is 5.62. The zero-order valence-electron chi connectivity index (χ0n) is 8.55. The zero-order chi connectivity index (χ0) is 11.0. The highest BCUT2D eigenvalue weighted by Crippen LogP contribution is 2.31. The van der Waals surface area contributed by atoms with E-state index in [-0.39, 0.29) is 0 Å². The summed E-state index contributed by atoms with van der Waals surface area (Å²) in [5.41, 5.74) is 1.68. The van der Waals surface area contributed by atoms with Gasteiger partial charge in [0, 0.05) is 10.9 Å². The fourth-order valence-electron chi connectivity index (χ4n) is 1.66. The molecule has 0 saturated carbocycles. The number of hydrogen-bond donors (Lipinski definition) is 0. The molecular weight excluding hydrogens is 213 g/mol. The number of rotatable bonds is 1. The summed E-state index contributed by atoms with van der Waals surface area (Å²) in [4.78, 5) is 5.51. The minimum absolute atomic E-state index is 0.699. The summed E-state index contributed by atoms with van der Waals surface area (Å²) in [7, 11) is 5.62. The van der Waals surface area contributed by atoms with E-state index in [1.165, 1.54) is 15.0 Å². The van der Waals surface area contributed by atoms with Crippen LogP contribution in [-0.2, 0) is 0 Å². The van der Waals surface area contributed by atoms with Crippen molar-refractivity contribution in [2.75, 3.05) is 0 Å². The van der Waals surface area contributed by atoms with Crippen LogP contribution >= 0.6 is 11.3 Å². The van der Waals surface area contributed by atoms with E-state index in [9.17, 15) is 0 Å². The topological polar surface area (TPSA) is 12.9 Å². The average Bonchev–Trinajstić information content (AvgIpc) is 2.73. The summed E-state index contributed by atoms with van der Waals surface area (Å²) in [6, 6.07) is 14.4. The first kappa shape index (κ1) is 9.61. The molecule has 0 fully saturated rings. The molecule has 1 nitrogen and oxygen atoms in total. The fraction of sp³-hybridized carbons (Fsp3) is 0. The van der Waals surface area contributed by atoms with Gasteiger partial charge in [-0.25, -0.2) is 0 Å². The number of benzene rings is 1. The Morgan fingerprint density at radius 2 is 1.94 bits per heavy atom. The van der Waals surface area contributed by atoms with Crippen LogP contribution in [0.4, 0.5) is 0 Å². The molecule has 3 rings (SSSR count). The van der Waals surface area contributed by atoms with Gasteiger partial charge in [0.1, 0.15) is 7.85 Å². The van der Waals surface area contributed by atoms with Crippen molar-refractivity contribution in [2.45, 2.75) is 0 Å².